The molecule has 0 spiro atoms. The van der Waals surface area contributed by atoms with Gasteiger partial charge in [0.15, 0.2) is 0 Å². The van der Waals surface area contributed by atoms with Crippen LogP contribution in [0.4, 0.5) is 0 Å². The van der Waals surface area contributed by atoms with Crippen LogP contribution >= 0.6 is 27.5 Å². The summed E-state index contributed by atoms with van der Waals surface area (Å²) in [5.41, 5.74) is 2.85. The molecular weight excluding hydrogens is 488 g/mol. The molecule has 0 unspecified atom stereocenters. The van der Waals surface area contributed by atoms with E-state index in [1.165, 1.54) is 5.56 Å². The van der Waals surface area contributed by atoms with Crippen molar-refractivity contribution in [2.24, 2.45) is 0 Å². The van der Waals surface area contributed by atoms with Crippen molar-refractivity contribution < 1.29 is 9.53 Å². The quantitative estimate of drug-likeness (QED) is 0.208. The normalized spacial score (nSPS) is 11.0. The standard InChI is InChI=1S/C26H22BrClN2O2/c27-23-10-13-25(32-18-20-8-11-24(28)12-9-20)21(16-23)15-22(17-29)26(31)30-14-4-7-19-5-2-1-3-6-19/h1-3,5-6,8-13,15-16H,4,7,14,18H2,(H,30,31)/b22-15-. The van der Waals surface area contributed by atoms with Gasteiger partial charge in [-0.05, 0) is 60.4 Å². The summed E-state index contributed by atoms with van der Waals surface area (Å²) in [5.74, 6) is 0.178. The molecule has 0 saturated carbocycles. The molecule has 0 fully saturated rings. The highest BCUT2D eigenvalue weighted by molar-refractivity contribution is 9.10. The molecule has 0 bridgehead atoms. The lowest BCUT2D eigenvalue weighted by Gasteiger charge is -2.11. The summed E-state index contributed by atoms with van der Waals surface area (Å²) in [7, 11) is 0. The smallest absolute Gasteiger partial charge is 0.261 e. The number of halogens is 2. The van der Waals surface area contributed by atoms with E-state index in [1.807, 2.05) is 48.5 Å². The Morgan fingerprint density at radius 2 is 1.81 bits per heavy atom. The van der Waals surface area contributed by atoms with Gasteiger partial charge >= 0.3 is 0 Å². The number of benzene rings is 3. The number of rotatable bonds is 9. The van der Waals surface area contributed by atoms with Crippen molar-refractivity contribution in [3.63, 3.8) is 0 Å². The molecule has 0 radical (unpaired) electrons. The molecule has 3 rings (SSSR count). The third kappa shape index (κ3) is 7.26. The summed E-state index contributed by atoms with van der Waals surface area (Å²) in [5, 5.41) is 13.0. The van der Waals surface area contributed by atoms with Crippen LogP contribution in [0.25, 0.3) is 6.08 Å². The predicted molar refractivity (Wildman–Crippen MR) is 131 cm³/mol. The van der Waals surface area contributed by atoms with Gasteiger partial charge in [-0.3, -0.25) is 4.79 Å². The van der Waals surface area contributed by atoms with E-state index in [9.17, 15) is 10.1 Å². The number of nitrogens with zero attached hydrogens (tertiary/aromatic N) is 1. The predicted octanol–water partition coefficient (Wildman–Crippen LogP) is 6.34. The Morgan fingerprint density at radius 1 is 1.06 bits per heavy atom. The maximum Gasteiger partial charge on any atom is 0.261 e. The molecule has 0 aromatic heterocycles. The van der Waals surface area contributed by atoms with Crippen LogP contribution in [0.1, 0.15) is 23.1 Å². The molecule has 0 saturated heterocycles. The number of aryl methyl sites for hydroxylation is 1. The number of hydrogen-bond donors (Lipinski definition) is 1. The summed E-state index contributed by atoms with van der Waals surface area (Å²) in [6.45, 7) is 0.832. The number of nitrogens with one attached hydrogen (secondary N) is 1. The van der Waals surface area contributed by atoms with Crippen LogP contribution in [0.5, 0.6) is 5.75 Å². The van der Waals surface area contributed by atoms with Gasteiger partial charge in [-0.2, -0.15) is 5.26 Å². The van der Waals surface area contributed by atoms with Crippen molar-refractivity contribution in [3.05, 3.63) is 105 Å². The zero-order valence-corrected chi connectivity index (χ0v) is 19.7. The summed E-state index contributed by atoms with van der Waals surface area (Å²) in [4.78, 5) is 12.5. The zero-order valence-electron chi connectivity index (χ0n) is 17.4. The van der Waals surface area contributed by atoms with Gasteiger partial charge in [0.05, 0.1) is 0 Å². The second kappa shape index (κ2) is 12.1. The first-order valence-corrected chi connectivity index (χ1v) is 11.3. The van der Waals surface area contributed by atoms with Gasteiger partial charge in [0, 0.05) is 21.6 Å². The zero-order chi connectivity index (χ0) is 22.8. The molecule has 0 aliphatic heterocycles. The van der Waals surface area contributed by atoms with Crippen LogP contribution in [0, 0.1) is 11.3 Å². The average Bonchev–Trinajstić information content (AvgIpc) is 2.81. The minimum Gasteiger partial charge on any atom is -0.488 e. The second-order valence-corrected chi connectivity index (χ2v) is 8.46. The van der Waals surface area contributed by atoms with Crippen molar-refractivity contribution in [1.29, 1.82) is 5.26 Å². The number of amides is 1. The van der Waals surface area contributed by atoms with E-state index in [0.29, 0.717) is 29.5 Å². The van der Waals surface area contributed by atoms with Crippen molar-refractivity contribution in [2.75, 3.05) is 6.54 Å². The van der Waals surface area contributed by atoms with Gasteiger partial charge in [0.1, 0.15) is 24.0 Å². The van der Waals surface area contributed by atoms with Gasteiger partial charge in [0.2, 0.25) is 0 Å². The molecule has 0 aliphatic rings. The molecule has 6 heteroatoms. The Hall–Kier alpha value is -3.07. The second-order valence-electron chi connectivity index (χ2n) is 7.11. The first-order valence-electron chi connectivity index (χ1n) is 10.2. The Bertz CT molecular complexity index is 1120. The van der Waals surface area contributed by atoms with E-state index >= 15 is 0 Å². The maximum absolute atomic E-state index is 12.5. The minimum absolute atomic E-state index is 0.0270. The molecule has 1 N–H and O–H groups in total. The topological polar surface area (TPSA) is 62.1 Å². The third-order valence-corrected chi connectivity index (χ3v) is 5.46. The van der Waals surface area contributed by atoms with Gasteiger partial charge in [0.25, 0.3) is 5.91 Å². The Kier molecular flexibility index (Phi) is 8.91. The molecule has 0 aliphatic carbocycles. The Balaban J connectivity index is 1.64. The molecule has 1 amide bonds. The molecule has 0 heterocycles. The Morgan fingerprint density at radius 3 is 2.53 bits per heavy atom. The Labute approximate surface area is 201 Å². The van der Waals surface area contributed by atoms with E-state index in [-0.39, 0.29) is 5.57 Å². The van der Waals surface area contributed by atoms with E-state index in [0.717, 1.165) is 22.9 Å². The van der Waals surface area contributed by atoms with Gasteiger partial charge in [-0.15, -0.1) is 0 Å². The number of ether oxygens (including phenoxy) is 1. The van der Waals surface area contributed by atoms with Gasteiger partial charge in [-0.1, -0.05) is 70.0 Å². The highest BCUT2D eigenvalue weighted by Gasteiger charge is 2.11. The summed E-state index contributed by atoms with van der Waals surface area (Å²) in [6, 6.07) is 24.9. The first kappa shape index (κ1) is 23.6. The van der Waals surface area contributed by atoms with Crippen LogP contribution in [0.2, 0.25) is 5.02 Å². The fourth-order valence-corrected chi connectivity index (χ4v) is 3.55. The van der Waals surface area contributed by atoms with Crippen LogP contribution in [0.3, 0.4) is 0 Å². The lowest BCUT2D eigenvalue weighted by atomic mass is 10.1. The number of carbonyl (C=O) groups is 1. The van der Waals surface area contributed by atoms with E-state index in [4.69, 9.17) is 16.3 Å². The van der Waals surface area contributed by atoms with E-state index in [1.54, 1.807) is 24.3 Å². The maximum atomic E-state index is 12.5. The van der Waals surface area contributed by atoms with Crippen LogP contribution in [-0.2, 0) is 17.8 Å². The van der Waals surface area contributed by atoms with Crippen molar-refractivity contribution in [3.8, 4) is 11.8 Å². The van der Waals surface area contributed by atoms with Gasteiger partial charge < -0.3 is 10.1 Å². The molecule has 3 aromatic carbocycles. The first-order chi connectivity index (χ1) is 15.5. The third-order valence-electron chi connectivity index (χ3n) is 4.71. The number of nitriles is 1. The lowest BCUT2D eigenvalue weighted by molar-refractivity contribution is -0.117. The minimum atomic E-state index is -0.399. The summed E-state index contributed by atoms with van der Waals surface area (Å²) < 4.78 is 6.76. The summed E-state index contributed by atoms with van der Waals surface area (Å²) >= 11 is 9.37. The molecular formula is C26H22BrClN2O2. The van der Waals surface area contributed by atoms with Crippen LogP contribution in [0.15, 0.2) is 82.8 Å². The fraction of sp³-hybridized carbons (Fsp3) is 0.154. The average molecular weight is 510 g/mol. The van der Waals surface area contributed by atoms with Crippen molar-refractivity contribution >= 4 is 39.5 Å². The number of hydrogen-bond acceptors (Lipinski definition) is 3. The van der Waals surface area contributed by atoms with Gasteiger partial charge in [-0.25, -0.2) is 0 Å². The molecule has 4 nitrogen and oxygen atoms in total. The van der Waals surface area contributed by atoms with E-state index in [2.05, 4.69) is 33.4 Å². The van der Waals surface area contributed by atoms with E-state index < -0.39 is 5.91 Å². The van der Waals surface area contributed by atoms with Crippen molar-refractivity contribution in [2.45, 2.75) is 19.4 Å². The SMILES string of the molecule is N#C/C(=C/c1cc(Br)ccc1OCc1ccc(Cl)cc1)C(=O)NCCCc1ccccc1. The van der Waals surface area contributed by atoms with Crippen LogP contribution < -0.4 is 10.1 Å². The molecule has 3 aromatic rings. The lowest BCUT2D eigenvalue weighted by Crippen LogP contribution is -2.25. The molecule has 32 heavy (non-hydrogen) atoms. The largest absolute Gasteiger partial charge is 0.488 e. The highest BCUT2D eigenvalue weighted by atomic mass is 79.9. The molecule has 0 atom stereocenters. The monoisotopic (exact) mass is 508 g/mol. The van der Waals surface area contributed by atoms with Crippen molar-refractivity contribution in [1.82, 2.24) is 5.32 Å². The van der Waals surface area contributed by atoms with Crippen LogP contribution in [-0.4, -0.2) is 12.5 Å². The highest BCUT2D eigenvalue weighted by Crippen LogP contribution is 2.26. The summed E-state index contributed by atoms with van der Waals surface area (Å²) in [6.07, 6.45) is 3.20. The fourth-order valence-electron chi connectivity index (χ4n) is 3.04. The number of carbonyl (C=O) groups excluding carboxylic acids is 1. The molecule has 162 valence electrons.